The molecule has 0 aliphatic rings. The minimum Gasteiger partial charge on any atom is -0.465 e. The molecule has 0 saturated heterocycles. The highest BCUT2D eigenvalue weighted by Gasteiger charge is 2.15. The van der Waals surface area contributed by atoms with Crippen LogP contribution in [0.2, 0.25) is 0 Å². The van der Waals surface area contributed by atoms with E-state index in [2.05, 4.69) is 16.9 Å². The number of para-hydroxylation sites is 1. The average molecular weight is 283 g/mol. The van der Waals surface area contributed by atoms with E-state index in [0.29, 0.717) is 17.8 Å². The molecule has 0 saturated carbocycles. The molecule has 1 heterocycles. The van der Waals surface area contributed by atoms with E-state index in [9.17, 15) is 4.79 Å². The summed E-state index contributed by atoms with van der Waals surface area (Å²) in [6.07, 6.45) is 2.68. The fourth-order valence-electron chi connectivity index (χ4n) is 2.14. The van der Waals surface area contributed by atoms with Crippen LogP contribution in [0, 0.1) is 0 Å². The Labute approximate surface area is 123 Å². The van der Waals surface area contributed by atoms with Gasteiger partial charge >= 0.3 is 6.09 Å². The Morgan fingerprint density at radius 1 is 1.43 bits per heavy atom. The van der Waals surface area contributed by atoms with Crippen molar-refractivity contribution in [1.82, 2.24) is 10.3 Å². The van der Waals surface area contributed by atoms with Crippen LogP contribution in [0.1, 0.15) is 18.2 Å². The van der Waals surface area contributed by atoms with Crippen molar-refractivity contribution < 1.29 is 9.90 Å². The number of pyridine rings is 1. The van der Waals surface area contributed by atoms with Crippen molar-refractivity contribution >= 4 is 11.8 Å². The summed E-state index contributed by atoms with van der Waals surface area (Å²) in [7, 11) is 0. The van der Waals surface area contributed by atoms with Crippen LogP contribution < -0.4 is 11.1 Å². The number of hydrogen-bond donors (Lipinski definition) is 3. The number of nitrogens with zero attached hydrogens (tertiary/aromatic N) is 1. The largest absolute Gasteiger partial charge is 0.465 e. The van der Waals surface area contributed by atoms with E-state index in [1.165, 1.54) is 0 Å². The summed E-state index contributed by atoms with van der Waals surface area (Å²) in [4.78, 5) is 15.1. The third-order valence-corrected chi connectivity index (χ3v) is 3.11. The molecule has 0 unspecified atom stereocenters. The Morgan fingerprint density at radius 2 is 2.19 bits per heavy atom. The van der Waals surface area contributed by atoms with Crippen LogP contribution in [0.25, 0.3) is 11.1 Å². The number of nitrogens with one attached hydrogen (secondary N) is 1. The number of hydrogen-bond acceptors (Lipinski definition) is 3. The number of benzene rings is 1. The van der Waals surface area contributed by atoms with Crippen LogP contribution in [-0.2, 0) is 0 Å². The minimum absolute atomic E-state index is 0.426. The van der Waals surface area contributed by atoms with E-state index in [1.807, 2.05) is 36.4 Å². The van der Waals surface area contributed by atoms with Crippen molar-refractivity contribution in [2.45, 2.75) is 12.5 Å². The van der Waals surface area contributed by atoms with E-state index in [4.69, 9.17) is 10.8 Å². The Kier molecular flexibility index (Phi) is 4.56. The Balaban J connectivity index is 2.38. The zero-order valence-electron chi connectivity index (χ0n) is 11.5. The summed E-state index contributed by atoms with van der Waals surface area (Å²) in [6.45, 7) is 3.65. The van der Waals surface area contributed by atoms with Gasteiger partial charge in [-0.2, -0.15) is 0 Å². The van der Waals surface area contributed by atoms with Gasteiger partial charge in [-0.05, 0) is 30.2 Å². The number of aromatic nitrogens is 1. The van der Waals surface area contributed by atoms with Crippen LogP contribution in [0.3, 0.4) is 0 Å². The molecule has 0 radical (unpaired) electrons. The number of amides is 1. The number of carbonyl (C=O) groups is 1. The van der Waals surface area contributed by atoms with E-state index in [-0.39, 0.29) is 0 Å². The molecular formula is C16H17N3O2. The quantitative estimate of drug-likeness (QED) is 0.580. The fraction of sp³-hybridized carbons (Fsp3) is 0.125. The highest BCUT2D eigenvalue weighted by molar-refractivity contribution is 5.76. The first kappa shape index (κ1) is 14.6. The van der Waals surface area contributed by atoms with Gasteiger partial charge in [0.05, 0.1) is 11.7 Å². The smallest absolute Gasteiger partial charge is 0.405 e. The van der Waals surface area contributed by atoms with Crippen molar-refractivity contribution in [3.63, 3.8) is 0 Å². The number of nitrogens with two attached hydrogens (primary N) is 1. The summed E-state index contributed by atoms with van der Waals surface area (Å²) >= 11 is 0. The van der Waals surface area contributed by atoms with Crippen LogP contribution in [0.5, 0.6) is 0 Å². The van der Waals surface area contributed by atoms with E-state index in [0.717, 1.165) is 11.1 Å². The van der Waals surface area contributed by atoms with Crippen molar-refractivity contribution in [2.24, 2.45) is 0 Å². The van der Waals surface area contributed by atoms with Gasteiger partial charge in [-0.15, -0.1) is 6.58 Å². The van der Waals surface area contributed by atoms with Crippen LogP contribution in [-0.4, -0.2) is 16.2 Å². The third-order valence-electron chi connectivity index (χ3n) is 3.11. The van der Waals surface area contributed by atoms with Gasteiger partial charge < -0.3 is 16.2 Å². The predicted molar refractivity (Wildman–Crippen MR) is 82.8 cm³/mol. The topological polar surface area (TPSA) is 88.2 Å². The molecule has 1 aromatic carbocycles. The standard InChI is InChI=1S/C16H17N3O2/c1-2-5-14(19-16(20)21)15-10-11(8-9-18-15)12-6-3-4-7-13(12)17/h2-4,6-10,14,19H,1,5,17H2,(H,20,21)/t14-/m0/s1. The predicted octanol–water partition coefficient (Wildman–Crippen LogP) is 3.22. The SMILES string of the molecule is C=CC[C@H](NC(=O)O)c1cc(-c2ccccc2N)ccn1. The summed E-state index contributed by atoms with van der Waals surface area (Å²) < 4.78 is 0. The van der Waals surface area contributed by atoms with E-state index >= 15 is 0 Å². The zero-order valence-corrected chi connectivity index (χ0v) is 11.5. The van der Waals surface area contributed by atoms with Gasteiger partial charge in [-0.1, -0.05) is 24.3 Å². The maximum Gasteiger partial charge on any atom is 0.405 e. The van der Waals surface area contributed by atoms with Crippen molar-refractivity contribution in [1.29, 1.82) is 0 Å². The molecule has 1 atom stereocenters. The lowest BCUT2D eigenvalue weighted by Crippen LogP contribution is -2.27. The first-order valence-corrected chi connectivity index (χ1v) is 6.53. The molecule has 0 spiro atoms. The normalized spacial score (nSPS) is 11.6. The summed E-state index contributed by atoms with van der Waals surface area (Å²) in [6, 6.07) is 10.8. The Morgan fingerprint density at radius 3 is 2.86 bits per heavy atom. The molecule has 0 bridgehead atoms. The average Bonchev–Trinajstić information content (AvgIpc) is 2.47. The highest BCUT2D eigenvalue weighted by atomic mass is 16.4. The number of nitrogen functional groups attached to an aromatic ring is 1. The molecule has 2 rings (SSSR count). The second-order valence-corrected chi connectivity index (χ2v) is 4.58. The van der Waals surface area contributed by atoms with Crippen molar-refractivity contribution in [2.75, 3.05) is 5.73 Å². The molecule has 1 amide bonds. The molecule has 5 nitrogen and oxygen atoms in total. The lowest BCUT2D eigenvalue weighted by molar-refractivity contribution is 0.189. The van der Waals surface area contributed by atoms with Gasteiger partial charge in [0.25, 0.3) is 0 Å². The number of rotatable bonds is 5. The Hall–Kier alpha value is -2.82. The first-order valence-electron chi connectivity index (χ1n) is 6.53. The second-order valence-electron chi connectivity index (χ2n) is 4.58. The number of anilines is 1. The van der Waals surface area contributed by atoms with Gasteiger partial charge in [0.15, 0.2) is 0 Å². The maximum atomic E-state index is 10.9. The Bertz CT molecular complexity index is 655. The lowest BCUT2D eigenvalue weighted by Gasteiger charge is -2.15. The molecule has 0 aliphatic heterocycles. The molecule has 0 aliphatic carbocycles. The minimum atomic E-state index is -1.09. The molecule has 1 aromatic heterocycles. The monoisotopic (exact) mass is 283 g/mol. The second kappa shape index (κ2) is 6.56. The highest BCUT2D eigenvalue weighted by Crippen LogP contribution is 2.27. The van der Waals surface area contributed by atoms with Gasteiger partial charge in [0.2, 0.25) is 0 Å². The van der Waals surface area contributed by atoms with Crippen molar-refractivity contribution in [3.8, 4) is 11.1 Å². The summed E-state index contributed by atoms with van der Waals surface area (Å²) in [5.74, 6) is 0. The van der Waals surface area contributed by atoms with Gasteiger partial charge in [-0.3, -0.25) is 4.98 Å². The molecule has 21 heavy (non-hydrogen) atoms. The van der Waals surface area contributed by atoms with Gasteiger partial charge in [0.1, 0.15) is 0 Å². The lowest BCUT2D eigenvalue weighted by atomic mass is 10.0. The van der Waals surface area contributed by atoms with E-state index < -0.39 is 12.1 Å². The van der Waals surface area contributed by atoms with Gasteiger partial charge in [0, 0.05) is 17.4 Å². The first-order chi connectivity index (χ1) is 10.1. The molecule has 0 fully saturated rings. The van der Waals surface area contributed by atoms with Crippen LogP contribution in [0.4, 0.5) is 10.5 Å². The third kappa shape index (κ3) is 3.60. The van der Waals surface area contributed by atoms with Crippen molar-refractivity contribution in [3.05, 3.63) is 60.9 Å². The zero-order chi connectivity index (χ0) is 15.2. The van der Waals surface area contributed by atoms with Gasteiger partial charge in [-0.25, -0.2) is 4.79 Å². The maximum absolute atomic E-state index is 10.9. The summed E-state index contributed by atoms with van der Waals surface area (Å²) in [5.41, 5.74) is 9.08. The molecule has 4 N–H and O–H groups in total. The molecule has 108 valence electrons. The number of carboxylic acid groups (broad SMARTS) is 1. The van der Waals surface area contributed by atoms with Crippen LogP contribution in [0.15, 0.2) is 55.3 Å². The molecular weight excluding hydrogens is 266 g/mol. The van der Waals surface area contributed by atoms with E-state index in [1.54, 1.807) is 12.3 Å². The summed E-state index contributed by atoms with van der Waals surface area (Å²) in [5, 5.41) is 11.4. The van der Waals surface area contributed by atoms with Crippen LogP contribution >= 0.6 is 0 Å². The fourth-order valence-corrected chi connectivity index (χ4v) is 2.14. The molecule has 5 heteroatoms. The molecule has 2 aromatic rings.